The van der Waals surface area contributed by atoms with E-state index in [4.69, 9.17) is 14.7 Å². The molecule has 2 heterocycles. The van der Waals surface area contributed by atoms with Crippen molar-refractivity contribution in [2.45, 2.75) is 44.7 Å². The fourth-order valence-corrected chi connectivity index (χ4v) is 5.17. The summed E-state index contributed by atoms with van der Waals surface area (Å²) in [6, 6.07) is 19.1. The van der Waals surface area contributed by atoms with Crippen LogP contribution in [0.4, 0.5) is 0 Å². The first-order chi connectivity index (χ1) is 18.9. The molecule has 202 valence electrons. The number of rotatable bonds is 8. The Hall–Kier alpha value is -4.37. The molecule has 4 N–H and O–H groups in total. The van der Waals surface area contributed by atoms with Gasteiger partial charge in [-0.1, -0.05) is 55.7 Å². The van der Waals surface area contributed by atoms with Gasteiger partial charge in [0, 0.05) is 18.0 Å². The van der Waals surface area contributed by atoms with Crippen LogP contribution in [0.15, 0.2) is 75.6 Å². The number of carbonyl (C=O) groups excluding carboxylic acids is 3. The average molecular weight is 529 g/mol. The van der Waals surface area contributed by atoms with Crippen molar-refractivity contribution >= 4 is 28.7 Å². The number of nitrogens with one attached hydrogen (secondary N) is 2. The van der Waals surface area contributed by atoms with E-state index >= 15 is 0 Å². The first kappa shape index (κ1) is 26.2. The lowest BCUT2D eigenvalue weighted by molar-refractivity contribution is -0.124. The second-order valence-electron chi connectivity index (χ2n) is 9.91. The van der Waals surface area contributed by atoms with Crippen LogP contribution in [0.5, 0.6) is 0 Å². The Morgan fingerprint density at radius 3 is 2.51 bits per heavy atom. The number of hydrogen-bond donors (Lipinski definition) is 3. The number of fused-ring (bicyclic) bond motifs is 1. The highest BCUT2D eigenvalue weighted by Gasteiger charge is 2.31. The number of nitrogens with two attached hydrogens (primary N) is 1. The minimum Gasteiger partial charge on any atom is -0.451 e. The van der Waals surface area contributed by atoms with Gasteiger partial charge in [-0.25, -0.2) is 5.84 Å². The Balaban J connectivity index is 1.26. The second-order valence-corrected chi connectivity index (χ2v) is 9.91. The monoisotopic (exact) mass is 528 g/mol. The van der Waals surface area contributed by atoms with Crippen LogP contribution < -0.4 is 16.5 Å². The molecule has 9 heteroatoms. The maximum Gasteiger partial charge on any atom is 0.303 e. The van der Waals surface area contributed by atoms with Crippen molar-refractivity contribution in [3.05, 3.63) is 83.8 Å². The third-order valence-electron chi connectivity index (χ3n) is 7.23. The molecule has 1 aliphatic carbocycles. The summed E-state index contributed by atoms with van der Waals surface area (Å²) in [6.45, 7) is 0.146. The standard InChI is InChI=1S/C30H32N4O5/c1-32-29(36)27(20-9-3-2-4-10-20)33-28(35)25-15-14-24(38-25)21-12-7-8-19(16-21)18-34(31)30(37)26-17-22-11-5-6-13-23(22)39-26/h5-8,11-17,20,27H,2-4,9-10,18,31H2,1H3,(H,32,36)(H,33,35)/t27-/m0/s1. The van der Waals surface area contributed by atoms with Gasteiger partial charge >= 0.3 is 5.91 Å². The van der Waals surface area contributed by atoms with Gasteiger partial charge in [0.1, 0.15) is 17.4 Å². The zero-order valence-electron chi connectivity index (χ0n) is 21.8. The third kappa shape index (κ3) is 5.88. The SMILES string of the molecule is CNC(=O)[C@@H](NC(=O)c1ccc(-c2cccc(CN(N)C(=O)c3cc4ccccc4o3)c2)o1)C1CCCCC1. The first-order valence-corrected chi connectivity index (χ1v) is 13.2. The molecule has 0 aliphatic heterocycles. The van der Waals surface area contributed by atoms with Gasteiger partial charge in [-0.15, -0.1) is 0 Å². The molecule has 0 bridgehead atoms. The number of hydrazine groups is 1. The topological polar surface area (TPSA) is 131 Å². The highest BCUT2D eigenvalue weighted by atomic mass is 16.4. The van der Waals surface area contributed by atoms with Crippen molar-refractivity contribution in [1.82, 2.24) is 15.6 Å². The number of para-hydroxylation sites is 1. The van der Waals surface area contributed by atoms with Gasteiger partial charge in [-0.05, 0) is 54.7 Å². The normalized spacial score (nSPS) is 14.6. The van der Waals surface area contributed by atoms with Crippen molar-refractivity contribution in [3.63, 3.8) is 0 Å². The van der Waals surface area contributed by atoms with Crippen LogP contribution >= 0.6 is 0 Å². The summed E-state index contributed by atoms with van der Waals surface area (Å²) in [4.78, 5) is 38.3. The van der Waals surface area contributed by atoms with E-state index in [9.17, 15) is 14.4 Å². The van der Waals surface area contributed by atoms with Crippen LogP contribution in [0, 0.1) is 5.92 Å². The molecule has 1 atom stereocenters. The highest BCUT2D eigenvalue weighted by Crippen LogP contribution is 2.28. The van der Waals surface area contributed by atoms with E-state index in [-0.39, 0.29) is 29.9 Å². The molecule has 1 fully saturated rings. The number of nitrogens with zero attached hydrogens (tertiary/aromatic N) is 1. The largest absolute Gasteiger partial charge is 0.451 e. The van der Waals surface area contributed by atoms with Gasteiger partial charge in [0.15, 0.2) is 11.5 Å². The van der Waals surface area contributed by atoms with E-state index < -0.39 is 17.9 Å². The first-order valence-electron chi connectivity index (χ1n) is 13.2. The Labute approximate surface area is 226 Å². The second kappa shape index (κ2) is 11.6. The lowest BCUT2D eigenvalue weighted by atomic mass is 9.83. The molecule has 2 aromatic carbocycles. The average Bonchev–Trinajstić information content (AvgIpc) is 3.64. The van der Waals surface area contributed by atoms with Gasteiger partial charge < -0.3 is 19.5 Å². The molecule has 3 amide bonds. The van der Waals surface area contributed by atoms with Crippen molar-refractivity contribution in [2.75, 3.05) is 7.05 Å². The zero-order chi connectivity index (χ0) is 27.4. The van der Waals surface area contributed by atoms with Crippen LogP contribution in [-0.4, -0.2) is 35.8 Å². The van der Waals surface area contributed by atoms with Crippen molar-refractivity contribution in [1.29, 1.82) is 0 Å². The molecule has 39 heavy (non-hydrogen) atoms. The molecular formula is C30H32N4O5. The summed E-state index contributed by atoms with van der Waals surface area (Å²) in [5, 5.41) is 7.48. The van der Waals surface area contributed by atoms with Gasteiger partial charge in [0.2, 0.25) is 5.91 Å². The highest BCUT2D eigenvalue weighted by molar-refractivity contribution is 5.96. The molecule has 0 spiro atoms. The fraction of sp³-hybridized carbons (Fsp3) is 0.300. The number of amides is 3. The quantitative estimate of drug-likeness (QED) is 0.174. The predicted octanol–water partition coefficient (Wildman–Crippen LogP) is 4.63. The number of hydrogen-bond acceptors (Lipinski definition) is 6. The van der Waals surface area contributed by atoms with E-state index in [0.717, 1.165) is 53.6 Å². The van der Waals surface area contributed by atoms with Gasteiger partial charge in [-0.3, -0.25) is 19.4 Å². The predicted molar refractivity (Wildman–Crippen MR) is 146 cm³/mol. The van der Waals surface area contributed by atoms with Crippen molar-refractivity contribution < 1.29 is 23.2 Å². The third-order valence-corrected chi connectivity index (χ3v) is 7.23. The molecule has 5 rings (SSSR count). The lowest BCUT2D eigenvalue weighted by Crippen LogP contribution is -2.50. The summed E-state index contributed by atoms with van der Waals surface area (Å²) in [5.74, 6) is 5.92. The minimum atomic E-state index is -0.598. The van der Waals surface area contributed by atoms with Gasteiger partial charge in [-0.2, -0.15) is 0 Å². The number of furan rings is 2. The molecule has 1 aliphatic rings. The zero-order valence-corrected chi connectivity index (χ0v) is 21.8. The number of benzene rings is 2. The molecule has 0 radical (unpaired) electrons. The fourth-order valence-electron chi connectivity index (χ4n) is 5.17. The van der Waals surface area contributed by atoms with Gasteiger partial charge in [0.05, 0.1) is 6.54 Å². The van der Waals surface area contributed by atoms with Crippen LogP contribution in [0.3, 0.4) is 0 Å². The van der Waals surface area contributed by atoms with Gasteiger partial charge in [0.25, 0.3) is 5.91 Å². The Morgan fingerprint density at radius 2 is 1.74 bits per heavy atom. The van der Waals surface area contributed by atoms with Crippen LogP contribution in [0.25, 0.3) is 22.3 Å². The summed E-state index contributed by atoms with van der Waals surface area (Å²) >= 11 is 0. The molecule has 0 saturated heterocycles. The summed E-state index contributed by atoms with van der Waals surface area (Å²) in [7, 11) is 1.58. The van der Waals surface area contributed by atoms with Crippen LogP contribution in [0.1, 0.15) is 58.8 Å². The van der Waals surface area contributed by atoms with Crippen LogP contribution in [0.2, 0.25) is 0 Å². The molecular weight excluding hydrogens is 496 g/mol. The van der Waals surface area contributed by atoms with Crippen molar-refractivity contribution in [2.24, 2.45) is 11.8 Å². The smallest absolute Gasteiger partial charge is 0.303 e. The summed E-state index contributed by atoms with van der Waals surface area (Å²) in [5.41, 5.74) is 2.12. The Morgan fingerprint density at radius 1 is 0.949 bits per heavy atom. The van der Waals surface area contributed by atoms with E-state index in [0.29, 0.717) is 11.3 Å². The Bertz CT molecular complexity index is 1450. The lowest BCUT2D eigenvalue weighted by Gasteiger charge is -2.29. The van der Waals surface area contributed by atoms with E-state index in [1.807, 2.05) is 42.5 Å². The maximum absolute atomic E-state index is 13.0. The molecule has 1 saturated carbocycles. The molecule has 9 nitrogen and oxygen atoms in total. The summed E-state index contributed by atoms with van der Waals surface area (Å²) in [6.07, 6.45) is 5.08. The Kier molecular flexibility index (Phi) is 7.79. The molecule has 0 unspecified atom stereocenters. The van der Waals surface area contributed by atoms with E-state index in [1.54, 1.807) is 31.3 Å². The molecule has 2 aromatic heterocycles. The number of likely N-dealkylation sites (N-methyl/N-ethyl adjacent to an activating group) is 1. The van der Waals surface area contributed by atoms with E-state index in [1.165, 1.54) is 0 Å². The van der Waals surface area contributed by atoms with E-state index in [2.05, 4.69) is 10.6 Å². The molecule has 4 aromatic rings. The van der Waals surface area contributed by atoms with Crippen LogP contribution in [-0.2, 0) is 11.3 Å². The minimum absolute atomic E-state index is 0.107. The summed E-state index contributed by atoms with van der Waals surface area (Å²) < 4.78 is 11.5. The van der Waals surface area contributed by atoms with Crippen molar-refractivity contribution in [3.8, 4) is 11.3 Å². The maximum atomic E-state index is 13.0. The number of carbonyl (C=O) groups is 3.